The molecule has 5 nitrogen and oxygen atoms in total. The molecule has 1 rings (SSSR count). The van der Waals surface area contributed by atoms with Crippen molar-refractivity contribution in [1.29, 1.82) is 0 Å². The lowest BCUT2D eigenvalue weighted by molar-refractivity contribution is -0.129. The summed E-state index contributed by atoms with van der Waals surface area (Å²) in [5.41, 5.74) is -0.326. The smallest absolute Gasteiger partial charge is 0.246 e. The zero-order chi connectivity index (χ0) is 11.3. The molecule has 2 N–H and O–H groups in total. The average molecular weight is 216 g/mol. The minimum atomic E-state index is -0.326. The van der Waals surface area contributed by atoms with Gasteiger partial charge >= 0.3 is 0 Å². The largest absolute Gasteiger partial charge is 0.377 e. The highest BCUT2D eigenvalue weighted by Gasteiger charge is 2.20. The van der Waals surface area contributed by atoms with Crippen molar-refractivity contribution < 1.29 is 14.3 Å². The summed E-state index contributed by atoms with van der Waals surface area (Å²) < 4.78 is 10.5. The second kappa shape index (κ2) is 5.44. The molecular formula is C10H20N2O3. The van der Waals surface area contributed by atoms with E-state index in [9.17, 15) is 4.79 Å². The number of ether oxygens (including phenoxy) is 2. The predicted molar refractivity (Wildman–Crippen MR) is 56.7 cm³/mol. The molecule has 1 amide bonds. The number of nitrogens with one attached hydrogen (secondary N) is 2. The van der Waals surface area contributed by atoms with E-state index in [0.29, 0.717) is 6.54 Å². The molecule has 1 heterocycles. The second-order valence-electron chi connectivity index (χ2n) is 4.33. The summed E-state index contributed by atoms with van der Waals surface area (Å²) >= 11 is 0. The van der Waals surface area contributed by atoms with Gasteiger partial charge in [-0.15, -0.1) is 0 Å². The Morgan fingerprint density at radius 1 is 1.53 bits per heavy atom. The maximum Gasteiger partial charge on any atom is 0.246 e. The van der Waals surface area contributed by atoms with Gasteiger partial charge in [0, 0.05) is 26.7 Å². The Morgan fingerprint density at radius 3 is 2.67 bits per heavy atom. The Bertz CT molecular complexity index is 215. The number of methoxy groups -OCH3 is 1. The Kier molecular flexibility index (Phi) is 4.50. The molecule has 1 fully saturated rings. The summed E-state index contributed by atoms with van der Waals surface area (Å²) in [5.74, 6) is -0.0907. The Labute approximate surface area is 90.5 Å². The molecule has 0 spiro atoms. The van der Waals surface area contributed by atoms with Crippen LogP contribution >= 0.6 is 0 Å². The molecule has 1 aliphatic heterocycles. The van der Waals surface area contributed by atoms with Crippen LogP contribution in [0.3, 0.4) is 0 Å². The lowest BCUT2D eigenvalue weighted by atomic mass is 10.1. The zero-order valence-electron chi connectivity index (χ0n) is 9.63. The first-order valence-corrected chi connectivity index (χ1v) is 5.18. The van der Waals surface area contributed by atoms with E-state index in [1.807, 2.05) is 13.8 Å². The van der Waals surface area contributed by atoms with E-state index >= 15 is 0 Å². The average Bonchev–Trinajstić information content (AvgIpc) is 2.13. The highest BCUT2D eigenvalue weighted by atomic mass is 16.5. The number of carbonyl (C=O) groups excluding carboxylic acids is 1. The molecule has 0 bridgehead atoms. The maximum absolute atomic E-state index is 11.3. The van der Waals surface area contributed by atoms with Crippen molar-refractivity contribution >= 4 is 5.91 Å². The fourth-order valence-electron chi connectivity index (χ4n) is 1.01. The van der Waals surface area contributed by atoms with Crippen molar-refractivity contribution in [2.75, 3.05) is 33.4 Å². The molecule has 0 aromatic heterocycles. The maximum atomic E-state index is 11.3. The van der Waals surface area contributed by atoms with Crippen molar-refractivity contribution in [1.82, 2.24) is 10.6 Å². The summed E-state index contributed by atoms with van der Waals surface area (Å²) in [6.45, 7) is 6.16. The van der Waals surface area contributed by atoms with Gasteiger partial charge in [0.05, 0.1) is 11.7 Å². The summed E-state index contributed by atoms with van der Waals surface area (Å²) in [6, 6.07) is 0. The quantitative estimate of drug-likeness (QED) is 0.629. The molecule has 0 aliphatic carbocycles. The van der Waals surface area contributed by atoms with Crippen molar-refractivity contribution in [2.45, 2.75) is 25.6 Å². The summed E-state index contributed by atoms with van der Waals surface area (Å²) in [5, 5.41) is 5.84. The van der Waals surface area contributed by atoms with Crippen molar-refractivity contribution in [3.8, 4) is 0 Å². The summed E-state index contributed by atoms with van der Waals surface area (Å²) in [4.78, 5) is 11.3. The predicted octanol–water partition coefficient (Wildman–Crippen LogP) is -0.484. The van der Waals surface area contributed by atoms with E-state index in [4.69, 9.17) is 9.47 Å². The molecule has 5 heteroatoms. The Hall–Kier alpha value is -0.650. The van der Waals surface area contributed by atoms with Gasteiger partial charge in [0.2, 0.25) is 5.91 Å². The molecular weight excluding hydrogens is 196 g/mol. The van der Waals surface area contributed by atoms with Crippen LogP contribution in [0.15, 0.2) is 0 Å². The van der Waals surface area contributed by atoms with Gasteiger partial charge in [-0.05, 0) is 13.8 Å². The number of hydrogen-bond donors (Lipinski definition) is 2. The van der Waals surface area contributed by atoms with Gasteiger partial charge < -0.3 is 20.1 Å². The molecule has 15 heavy (non-hydrogen) atoms. The van der Waals surface area contributed by atoms with E-state index in [1.54, 1.807) is 7.11 Å². The van der Waals surface area contributed by atoms with Crippen LogP contribution < -0.4 is 10.6 Å². The second-order valence-corrected chi connectivity index (χ2v) is 4.33. The molecule has 0 saturated carbocycles. The van der Waals surface area contributed by atoms with E-state index < -0.39 is 0 Å². The first-order valence-electron chi connectivity index (χ1n) is 5.18. The molecule has 0 aromatic rings. The zero-order valence-corrected chi connectivity index (χ0v) is 9.63. The number of rotatable bonds is 6. The van der Waals surface area contributed by atoms with Gasteiger partial charge in [0.15, 0.2) is 0 Å². The fraction of sp³-hybridized carbons (Fsp3) is 0.900. The van der Waals surface area contributed by atoms with Gasteiger partial charge in [-0.25, -0.2) is 0 Å². The lowest BCUT2D eigenvalue weighted by Gasteiger charge is -2.27. The van der Waals surface area contributed by atoms with E-state index in [2.05, 4.69) is 10.6 Å². The van der Waals surface area contributed by atoms with Crippen LogP contribution in [0.25, 0.3) is 0 Å². The van der Waals surface area contributed by atoms with Crippen LogP contribution in [-0.2, 0) is 14.3 Å². The summed E-state index contributed by atoms with van der Waals surface area (Å²) in [7, 11) is 1.63. The SMILES string of the molecule is COC(C)(C)CNC(=O)COC1CNC1. The molecule has 0 radical (unpaired) electrons. The van der Waals surface area contributed by atoms with Gasteiger partial charge in [0.1, 0.15) is 6.61 Å². The molecule has 0 atom stereocenters. The third kappa shape index (κ3) is 4.59. The standard InChI is InChI=1S/C10H20N2O3/c1-10(2,14-3)7-12-9(13)6-15-8-4-11-5-8/h8,11H,4-7H2,1-3H3,(H,12,13). The molecule has 0 aromatic carbocycles. The highest BCUT2D eigenvalue weighted by Crippen LogP contribution is 2.04. The Balaban J connectivity index is 2.07. The number of carbonyl (C=O) groups is 1. The minimum Gasteiger partial charge on any atom is -0.377 e. The van der Waals surface area contributed by atoms with Crippen molar-refractivity contribution in [3.63, 3.8) is 0 Å². The van der Waals surface area contributed by atoms with E-state index in [1.165, 1.54) is 0 Å². The van der Waals surface area contributed by atoms with Gasteiger partial charge in [0.25, 0.3) is 0 Å². The molecule has 0 unspecified atom stereocenters. The van der Waals surface area contributed by atoms with E-state index in [-0.39, 0.29) is 24.2 Å². The van der Waals surface area contributed by atoms with Gasteiger partial charge in [-0.1, -0.05) is 0 Å². The van der Waals surface area contributed by atoms with Crippen LogP contribution in [-0.4, -0.2) is 51.0 Å². The number of hydrogen-bond acceptors (Lipinski definition) is 4. The van der Waals surface area contributed by atoms with Crippen LogP contribution in [0, 0.1) is 0 Å². The number of amides is 1. The topological polar surface area (TPSA) is 59.6 Å². The Morgan fingerprint density at radius 2 is 2.20 bits per heavy atom. The first kappa shape index (κ1) is 12.4. The van der Waals surface area contributed by atoms with Crippen LogP contribution in [0.1, 0.15) is 13.8 Å². The van der Waals surface area contributed by atoms with E-state index in [0.717, 1.165) is 13.1 Å². The molecule has 1 aliphatic rings. The fourth-order valence-corrected chi connectivity index (χ4v) is 1.01. The van der Waals surface area contributed by atoms with Crippen molar-refractivity contribution in [2.24, 2.45) is 0 Å². The summed E-state index contributed by atoms with van der Waals surface area (Å²) in [6.07, 6.45) is 0.200. The minimum absolute atomic E-state index is 0.0907. The highest BCUT2D eigenvalue weighted by molar-refractivity contribution is 5.77. The van der Waals surface area contributed by atoms with Gasteiger partial charge in [-0.2, -0.15) is 0 Å². The first-order chi connectivity index (χ1) is 7.03. The third-order valence-electron chi connectivity index (χ3n) is 2.46. The van der Waals surface area contributed by atoms with Crippen LogP contribution in [0.5, 0.6) is 0 Å². The normalized spacial score (nSPS) is 17.3. The van der Waals surface area contributed by atoms with Gasteiger partial charge in [-0.3, -0.25) is 4.79 Å². The van der Waals surface area contributed by atoms with Crippen molar-refractivity contribution in [3.05, 3.63) is 0 Å². The molecule has 1 saturated heterocycles. The van der Waals surface area contributed by atoms with Crippen LogP contribution in [0.4, 0.5) is 0 Å². The third-order valence-corrected chi connectivity index (χ3v) is 2.46. The van der Waals surface area contributed by atoms with Crippen LogP contribution in [0.2, 0.25) is 0 Å². The lowest BCUT2D eigenvalue weighted by Crippen LogP contribution is -2.50. The monoisotopic (exact) mass is 216 g/mol. The molecule has 88 valence electrons.